The van der Waals surface area contributed by atoms with E-state index >= 15 is 0 Å². The molecule has 6 heteroatoms. The number of aromatic nitrogens is 1. The molecule has 0 fully saturated rings. The quantitative estimate of drug-likeness (QED) is 0.401. The third-order valence-electron chi connectivity index (χ3n) is 4.46. The Labute approximate surface area is 154 Å². The summed E-state index contributed by atoms with van der Waals surface area (Å²) in [6.07, 6.45) is 0. The first kappa shape index (κ1) is 16.8. The second-order valence-electron chi connectivity index (χ2n) is 5.91. The molecule has 27 heavy (non-hydrogen) atoms. The van der Waals surface area contributed by atoms with E-state index in [-0.39, 0.29) is 17.0 Å². The van der Waals surface area contributed by atoms with Crippen LogP contribution < -0.4 is 0 Å². The molecule has 0 N–H and O–H groups in total. The van der Waals surface area contributed by atoms with E-state index < -0.39 is 11.9 Å². The first-order valence-electron chi connectivity index (χ1n) is 8.23. The summed E-state index contributed by atoms with van der Waals surface area (Å²) in [4.78, 5) is 24.5. The molecule has 0 unspecified atom stereocenters. The summed E-state index contributed by atoms with van der Waals surface area (Å²) >= 11 is 0. The van der Waals surface area contributed by atoms with Gasteiger partial charge in [0.1, 0.15) is 11.3 Å². The molecule has 0 saturated carbocycles. The van der Waals surface area contributed by atoms with Crippen molar-refractivity contribution in [2.24, 2.45) is 0 Å². The van der Waals surface area contributed by atoms with Crippen LogP contribution in [0, 0.1) is 0 Å². The number of carbonyl (C=O) groups excluding carboxylic acids is 2. The van der Waals surface area contributed by atoms with E-state index in [1.54, 1.807) is 0 Å². The zero-order valence-corrected chi connectivity index (χ0v) is 14.7. The van der Waals surface area contributed by atoms with E-state index in [1.807, 2.05) is 48.5 Å². The summed E-state index contributed by atoms with van der Waals surface area (Å²) in [5, 5.41) is 7.76. The van der Waals surface area contributed by atoms with Gasteiger partial charge < -0.3 is 14.0 Å². The van der Waals surface area contributed by atoms with E-state index in [9.17, 15) is 9.59 Å². The minimum Gasteiger partial charge on any atom is -0.465 e. The molecular formula is C21H15NO5. The van der Waals surface area contributed by atoms with Crippen LogP contribution in [0.15, 0.2) is 59.1 Å². The van der Waals surface area contributed by atoms with E-state index in [0.29, 0.717) is 5.56 Å². The number of esters is 2. The maximum absolute atomic E-state index is 12.5. The molecule has 0 saturated heterocycles. The van der Waals surface area contributed by atoms with Gasteiger partial charge in [-0.25, -0.2) is 9.59 Å². The Morgan fingerprint density at radius 3 is 1.96 bits per heavy atom. The number of hydrogen-bond donors (Lipinski definition) is 0. The molecule has 0 aliphatic rings. The minimum atomic E-state index is -0.793. The highest BCUT2D eigenvalue weighted by molar-refractivity contribution is 6.16. The first-order chi connectivity index (χ1) is 13.2. The predicted molar refractivity (Wildman–Crippen MR) is 99.6 cm³/mol. The normalized spacial score (nSPS) is 10.9. The predicted octanol–water partition coefficient (Wildman–Crippen LogP) is 4.22. The van der Waals surface area contributed by atoms with Crippen molar-refractivity contribution in [1.29, 1.82) is 0 Å². The fourth-order valence-electron chi connectivity index (χ4n) is 3.25. The molecule has 4 aromatic rings. The lowest BCUT2D eigenvalue weighted by molar-refractivity contribution is 0.0521. The zero-order chi connectivity index (χ0) is 19.0. The first-order valence-corrected chi connectivity index (χ1v) is 8.23. The van der Waals surface area contributed by atoms with Crippen molar-refractivity contribution in [3.8, 4) is 11.3 Å². The fourth-order valence-corrected chi connectivity index (χ4v) is 3.25. The van der Waals surface area contributed by atoms with Gasteiger partial charge in [0.05, 0.1) is 14.2 Å². The molecule has 134 valence electrons. The summed E-state index contributed by atoms with van der Waals surface area (Å²) in [5.74, 6) is -1.79. The van der Waals surface area contributed by atoms with E-state index in [1.165, 1.54) is 14.2 Å². The SMILES string of the molecule is COC(=O)c1onc(-c2c3ccccc3cc3ccccc23)c1C(=O)OC. The molecule has 0 aliphatic carbocycles. The molecule has 1 aromatic heterocycles. The maximum Gasteiger partial charge on any atom is 0.377 e. The van der Waals surface area contributed by atoms with Gasteiger partial charge in [0, 0.05) is 5.56 Å². The largest absolute Gasteiger partial charge is 0.465 e. The molecule has 0 spiro atoms. The molecule has 3 aromatic carbocycles. The third kappa shape index (κ3) is 2.62. The number of benzene rings is 3. The number of fused-ring (bicyclic) bond motifs is 2. The van der Waals surface area contributed by atoms with Gasteiger partial charge in [-0.2, -0.15) is 0 Å². The van der Waals surface area contributed by atoms with Crippen molar-refractivity contribution in [2.45, 2.75) is 0 Å². The smallest absolute Gasteiger partial charge is 0.377 e. The Morgan fingerprint density at radius 2 is 1.41 bits per heavy atom. The molecule has 4 rings (SSSR count). The van der Waals surface area contributed by atoms with Crippen molar-refractivity contribution >= 4 is 33.5 Å². The van der Waals surface area contributed by atoms with Crippen molar-refractivity contribution in [3.63, 3.8) is 0 Å². The Kier molecular flexibility index (Phi) is 4.08. The molecule has 0 radical (unpaired) electrons. The van der Waals surface area contributed by atoms with Gasteiger partial charge in [0.25, 0.3) is 5.76 Å². The topological polar surface area (TPSA) is 78.6 Å². The van der Waals surface area contributed by atoms with E-state index in [4.69, 9.17) is 14.0 Å². The Hall–Kier alpha value is -3.67. The highest BCUT2D eigenvalue weighted by Crippen LogP contribution is 2.38. The number of methoxy groups -OCH3 is 2. The van der Waals surface area contributed by atoms with Crippen LogP contribution in [0.5, 0.6) is 0 Å². The van der Waals surface area contributed by atoms with Crippen molar-refractivity contribution in [3.05, 3.63) is 65.9 Å². The van der Waals surface area contributed by atoms with Gasteiger partial charge >= 0.3 is 11.9 Å². The molecule has 0 bridgehead atoms. The van der Waals surface area contributed by atoms with Gasteiger partial charge in [-0.3, -0.25) is 0 Å². The van der Waals surface area contributed by atoms with Crippen molar-refractivity contribution in [2.75, 3.05) is 14.2 Å². The number of ether oxygens (including phenoxy) is 2. The van der Waals surface area contributed by atoms with Crippen LogP contribution in [0.25, 0.3) is 32.8 Å². The maximum atomic E-state index is 12.5. The lowest BCUT2D eigenvalue weighted by Gasteiger charge is -2.10. The summed E-state index contributed by atoms with van der Waals surface area (Å²) < 4.78 is 14.8. The zero-order valence-electron chi connectivity index (χ0n) is 14.7. The van der Waals surface area contributed by atoms with Crippen molar-refractivity contribution < 1.29 is 23.6 Å². The van der Waals surface area contributed by atoms with Gasteiger partial charge in [0.15, 0.2) is 0 Å². The summed E-state index contributed by atoms with van der Waals surface area (Å²) in [5.41, 5.74) is 0.893. The molecule has 0 atom stereocenters. The van der Waals surface area contributed by atoms with Crippen molar-refractivity contribution in [1.82, 2.24) is 5.16 Å². The monoisotopic (exact) mass is 361 g/mol. The molecule has 6 nitrogen and oxygen atoms in total. The van der Waals surface area contributed by atoms with E-state index in [0.717, 1.165) is 21.5 Å². The average Bonchev–Trinajstić information content (AvgIpc) is 3.15. The molecule has 0 aliphatic heterocycles. The fraction of sp³-hybridized carbons (Fsp3) is 0.0952. The second-order valence-corrected chi connectivity index (χ2v) is 5.91. The van der Waals surface area contributed by atoms with Gasteiger partial charge in [0.2, 0.25) is 0 Å². The molecule has 0 amide bonds. The second kappa shape index (κ2) is 6.57. The summed E-state index contributed by atoms with van der Waals surface area (Å²) in [6, 6.07) is 17.6. The number of hydrogen-bond acceptors (Lipinski definition) is 6. The third-order valence-corrected chi connectivity index (χ3v) is 4.46. The highest BCUT2D eigenvalue weighted by Gasteiger charge is 2.31. The summed E-state index contributed by atoms with van der Waals surface area (Å²) in [7, 11) is 2.44. The number of rotatable bonds is 3. The van der Waals surface area contributed by atoms with Crippen LogP contribution in [0.4, 0.5) is 0 Å². The standard InChI is InChI=1S/C21H15NO5/c1-25-20(23)17-18(22-27-19(17)21(24)26-2)16-14-9-5-3-7-12(14)11-13-8-4-6-10-15(13)16/h3-11H,1-2H3. The van der Waals surface area contributed by atoms with Crippen LogP contribution in [-0.2, 0) is 9.47 Å². The highest BCUT2D eigenvalue weighted by atomic mass is 16.6. The number of carbonyl (C=O) groups is 2. The van der Waals surface area contributed by atoms with Gasteiger partial charge in [-0.1, -0.05) is 53.7 Å². The Bertz CT molecular complexity index is 1140. The molecule has 1 heterocycles. The van der Waals surface area contributed by atoms with Crippen LogP contribution in [0.1, 0.15) is 20.9 Å². The van der Waals surface area contributed by atoms with Gasteiger partial charge in [-0.15, -0.1) is 0 Å². The summed E-state index contributed by atoms with van der Waals surface area (Å²) in [6.45, 7) is 0. The lowest BCUT2D eigenvalue weighted by Crippen LogP contribution is -2.10. The van der Waals surface area contributed by atoms with E-state index in [2.05, 4.69) is 11.2 Å². The lowest BCUT2D eigenvalue weighted by atomic mass is 9.93. The van der Waals surface area contributed by atoms with Gasteiger partial charge in [-0.05, 0) is 27.6 Å². The Balaban J connectivity index is 2.15. The number of nitrogens with zero attached hydrogens (tertiary/aromatic N) is 1. The average molecular weight is 361 g/mol. The van der Waals surface area contributed by atoms with Crippen LogP contribution in [-0.4, -0.2) is 31.3 Å². The van der Waals surface area contributed by atoms with Crippen LogP contribution >= 0.6 is 0 Å². The van der Waals surface area contributed by atoms with Crippen LogP contribution in [0.3, 0.4) is 0 Å². The van der Waals surface area contributed by atoms with Crippen LogP contribution in [0.2, 0.25) is 0 Å². The molecular weight excluding hydrogens is 346 g/mol. The Morgan fingerprint density at radius 1 is 0.852 bits per heavy atom. The minimum absolute atomic E-state index is 0.0501.